The molecule has 1 aliphatic rings. The normalized spacial score (nSPS) is 17.5. The van der Waals surface area contributed by atoms with E-state index in [1.807, 2.05) is 29.2 Å². The molecule has 4 nitrogen and oxygen atoms in total. The first kappa shape index (κ1) is 12.5. The number of likely N-dealkylation sites (tertiary alicyclic amines) is 1. The Morgan fingerprint density at radius 3 is 2.89 bits per heavy atom. The highest BCUT2D eigenvalue weighted by molar-refractivity contribution is 7.99. The molecule has 0 unspecified atom stereocenters. The van der Waals surface area contributed by atoms with Crippen molar-refractivity contribution in [1.82, 2.24) is 14.9 Å². The van der Waals surface area contributed by atoms with Gasteiger partial charge >= 0.3 is 0 Å². The third kappa shape index (κ3) is 2.34. The molecule has 2 aromatic rings. The Kier molecular flexibility index (Phi) is 3.01. The molecule has 0 spiro atoms. The van der Waals surface area contributed by atoms with Crippen LogP contribution in [-0.4, -0.2) is 38.6 Å². The second kappa shape index (κ2) is 4.56. The number of aromatic amines is 1. The van der Waals surface area contributed by atoms with E-state index in [0.29, 0.717) is 5.75 Å². The number of thioether (sulfide) groups is 1. The number of hydrogen-bond donors (Lipinski definition) is 1. The van der Waals surface area contributed by atoms with Gasteiger partial charge in [-0.1, -0.05) is 23.9 Å². The monoisotopic (exact) mass is 275 g/mol. The van der Waals surface area contributed by atoms with Crippen molar-refractivity contribution in [2.24, 2.45) is 0 Å². The number of amides is 1. The highest BCUT2D eigenvalue weighted by atomic mass is 32.2. The molecule has 0 radical (unpaired) electrons. The molecule has 19 heavy (non-hydrogen) atoms. The fourth-order valence-corrected chi connectivity index (χ4v) is 3.10. The maximum absolute atomic E-state index is 12.1. The van der Waals surface area contributed by atoms with Gasteiger partial charge in [0, 0.05) is 12.1 Å². The van der Waals surface area contributed by atoms with Gasteiger partial charge < -0.3 is 9.88 Å². The van der Waals surface area contributed by atoms with Crippen molar-refractivity contribution in [3.63, 3.8) is 0 Å². The van der Waals surface area contributed by atoms with Gasteiger partial charge in [0.1, 0.15) is 0 Å². The summed E-state index contributed by atoms with van der Waals surface area (Å²) >= 11 is 1.47. The number of fused-ring (bicyclic) bond motifs is 1. The Morgan fingerprint density at radius 2 is 2.26 bits per heavy atom. The Balaban J connectivity index is 1.64. The summed E-state index contributed by atoms with van der Waals surface area (Å²) in [6.45, 7) is 5.10. The summed E-state index contributed by atoms with van der Waals surface area (Å²) < 4.78 is 0. The van der Waals surface area contributed by atoms with Crippen molar-refractivity contribution >= 4 is 28.7 Å². The average Bonchev–Trinajstić information content (AvgIpc) is 2.78. The molecular formula is C14H17N3OS. The van der Waals surface area contributed by atoms with Crippen molar-refractivity contribution in [1.29, 1.82) is 0 Å². The fraction of sp³-hybridized carbons (Fsp3) is 0.429. The molecule has 3 rings (SSSR count). The topological polar surface area (TPSA) is 49.0 Å². The smallest absolute Gasteiger partial charge is 0.233 e. The van der Waals surface area contributed by atoms with Crippen LogP contribution in [0.2, 0.25) is 0 Å². The van der Waals surface area contributed by atoms with Crippen molar-refractivity contribution in [2.75, 3.05) is 12.3 Å². The summed E-state index contributed by atoms with van der Waals surface area (Å²) in [5.74, 6) is 0.644. The maximum Gasteiger partial charge on any atom is 0.233 e. The minimum Gasteiger partial charge on any atom is -0.337 e. The molecule has 1 amide bonds. The largest absolute Gasteiger partial charge is 0.337 e. The number of imidazole rings is 1. The quantitative estimate of drug-likeness (QED) is 0.876. The zero-order chi connectivity index (χ0) is 13.5. The number of para-hydroxylation sites is 2. The lowest BCUT2D eigenvalue weighted by Gasteiger charge is -2.48. The Hall–Kier alpha value is -1.49. The van der Waals surface area contributed by atoms with Crippen molar-refractivity contribution in [3.8, 4) is 0 Å². The van der Waals surface area contributed by atoms with E-state index in [2.05, 4.69) is 23.8 Å². The molecule has 0 saturated carbocycles. The highest BCUT2D eigenvalue weighted by Gasteiger charge is 2.38. The van der Waals surface area contributed by atoms with Gasteiger partial charge in [-0.25, -0.2) is 4.98 Å². The molecule has 1 aromatic carbocycles. The zero-order valence-corrected chi connectivity index (χ0v) is 12.0. The fourth-order valence-electron chi connectivity index (χ4n) is 2.34. The van der Waals surface area contributed by atoms with Crippen LogP contribution in [-0.2, 0) is 4.79 Å². The minimum absolute atomic E-state index is 0.0333. The zero-order valence-electron chi connectivity index (χ0n) is 11.1. The van der Waals surface area contributed by atoms with Gasteiger partial charge in [0.15, 0.2) is 5.16 Å². The van der Waals surface area contributed by atoms with E-state index >= 15 is 0 Å². The molecule has 100 valence electrons. The number of carbonyl (C=O) groups is 1. The van der Waals surface area contributed by atoms with Crippen LogP contribution in [0.4, 0.5) is 0 Å². The molecule has 1 N–H and O–H groups in total. The van der Waals surface area contributed by atoms with Crippen LogP contribution in [0.5, 0.6) is 0 Å². The predicted molar refractivity (Wildman–Crippen MR) is 77.2 cm³/mol. The SMILES string of the molecule is CC1(C)CCN1C(=O)CSc1nc2ccccc2[nH]1. The van der Waals surface area contributed by atoms with Crippen LogP contribution >= 0.6 is 11.8 Å². The first-order valence-electron chi connectivity index (χ1n) is 6.44. The number of nitrogens with zero attached hydrogens (tertiary/aromatic N) is 2. The number of aromatic nitrogens is 2. The molecule has 0 bridgehead atoms. The lowest BCUT2D eigenvalue weighted by atomic mass is 9.89. The Bertz CT molecular complexity index is 587. The van der Waals surface area contributed by atoms with Gasteiger partial charge in [-0.2, -0.15) is 0 Å². The summed E-state index contributed by atoms with van der Waals surface area (Å²) in [6, 6.07) is 7.90. The molecule has 0 aliphatic carbocycles. The molecular weight excluding hydrogens is 258 g/mol. The first-order chi connectivity index (χ1) is 9.06. The van der Waals surface area contributed by atoms with Crippen LogP contribution in [0.1, 0.15) is 20.3 Å². The molecule has 1 fully saturated rings. The number of carbonyl (C=O) groups excluding carboxylic acids is 1. The van der Waals surface area contributed by atoms with Crippen LogP contribution < -0.4 is 0 Å². The van der Waals surface area contributed by atoms with Crippen LogP contribution in [0.25, 0.3) is 11.0 Å². The summed E-state index contributed by atoms with van der Waals surface area (Å²) in [5, 5.41) is 0.813. The van der Waals surface area contributed by atoms with Crippen molar-refractivity contribution < 1.29 is 4.79 Å². The lowest BCUT2D eigenvalue weighted by molar-refractivity contribution is -0.141. The second-order valence-corrected chi connectivity index (χ2v) is 6.42. The molecule has 5 heteroatoms. The van der Waals surface area contributed by atoms with Crippen LogP contribution in [0.15, 0.2) is 29.4 Å². The van der Waals surface area contributed by atoms with Crippen LogP contribution in [0, 0.1) is 0 Å². The molecule has 1 aromatic heterocycles. The van der Waals surface area contributed by atoms with E-state index in [1.54, 1.807) is 0 Å². The van der Waals surface area contributed by atoms with Crippen LogP contribution in [0.3, 0.4) is 0 Å². The van der Waals surface area contributed by atoms with Gasteiger partial charge in [0.25, 0.3) is 0 Å². The van der Waals surface area contributed by atoms with E-state index in [-0.39, 0.29) is 11.4 Å². The van der Waals surface area contributed by atoms with Gasteiger partial charge in [0.05, 0.1) is 16.8 Å². The minimum atomic E-state index is 0.0333. The number of hydrogen-bond acceptors (Lipinski definition) is 3. The lowest BCUT2D eigenvalue weighted by Crippen LogP contribution is -2.58. The summed E-state index contributed by atoms with van der Waals surface area (Å²) in [5.41, 5.74) is 1.99. The number of H-pyrrole nitrogens is 1. The summed E-state index contributed by atoms with van der Waals surface area (Å²) in [6.07, 6.45) is 1.09. The van der Waals surface area contributed by atoms with Gasteiger partial charge in [0.2, 0.25) is 5.91 Å². The summed E-state index contributed by atoms with van der Waals surface area (Å²) in [7, 11) is 0. The standard InChI is InChI=1S/C14H17N3OS/c1-14(2)7-8-17(14)12(18)9-19-13-15-10-5-3-4-6-11(10)16-13/h3-6H,7-9H2,1-2H3,(H,15,16). The van der Waals surface area contributed by atoms with E-state index in [0.717, 1.165) is 29.2 Å². The maximum atomic E-state index is 12.1. The van der Waals surface area contributed by atoms with Gasteiger partial charge in [-0.3, -0.25) is 4.79 Å². The first-order valence-corrected chi connectivity index (χ1v) is 7.43. The predicted octanol–water partition coefficient (Wildman–Crippen LogP) is 2.67. The van der Waals surface area contributed by atoms with Crippen molar-refractivity contribution in [3.05, 3.63) is 24.3 Å². The van der Waals surface area contributed by atoms with E-state index in [1.165, 1.54) is 11.8 Å². The van der Waals surface area contributed by atoms with Gasteiger partial charge in [-0.15, -0.1) is 0 Å². The number of nitrogens with one attached hydrogen (secondary N) is 1. The third-order valence-corrected chi connectivity index (χ3v) is 4.54. The average molecular weight is 275 g/mol. The Morgan fingerprint density at radius 1 is 1.47 bits per heavy atom. The van der Waals surface area contributed by atoms with E-state index < -0.39 is 0 Å². The number of benzene rings is 1. The number of rotatable bonds is 3. The molecule has 1 saturated heterocycles. The Labute approximate surface area is 116 Å². The highest BCUT2D eigenvalue weighted by Crippen LogP contribution is 2.30. The molecule has 2 heterocycles. The molecule has 0 atom stereocenters. The summed E-state index contributed by atoms with van der Waals surface area (Å²) in [4.78, 5) is 21.7. The molecule has 1 aliphatic heterocycles. The van der Waals surface area contributed by atoms with Crippen molar-refractivity contribution in [2.45, 2.75) is 31.0 Å². The van der Waals surface area contributed by atoms with E-state index in [4.69, 9.17) is 0 Å². The van der Waals surface area contributed by atoms with E-state index in [9.17, 15) is 4.79 Å². The van der Waals surface area contributed by atoms with Gasteiger partial charge in [-0.05, 0) is 32.4 Å². The third-order valence-electron chi connectivity index (χ3n) is 3.68. The second-order valence-electron chi connectivity index (χ2n) is 5.46.